The minimum atomic E-state index is -4.71. The molecule has 2 aromatic carbocycles. The van der Waals surface area contributed by atoms with E-state index in [9.17, 15) is 27.6 Å². The number of nitrogens with zero attached hydrogens (tertiary/aromatic N) is 1. The van der Waals surface area contributed by atoms with Gasteiger partial charge in [-0.2, -0.15) is 13.2 Å². The molecule has 0 saturated carbocycles. The van der Waals surface area contributed by atoms with E-state index in [1.54, 1.807) is 24.4 Å². The smallest absolute Gasteiger partial charge is 0.416 e. The summed E-state index contributed by atoms with van der Waals surface area (Å²) in [5.74, 6) is -1.44. The van der Waals surface area contributed by atoms with Gasteiger partial charge in [-0.3, -0.25) is 19.9 Å². The predicted octanol–water partition coefficient (Wildman–Crippen LogP) is 5.94. The first-order valence-corrected chi connectivity index (χ1v) is 10.6. The van der Waals surface area contributed by atoms with Crippen LogP contribution in [0.4, 0.5) is 29.3 Å². The first-order chi connectivity index (χ1) is 16.5. The van der Waals surface area contributed by atoms with Crippen LogP contribution in [0.3, 0.4) is 0 Å². The number of nitrogens with one attached hydrogen (secondary N) is 2. The van der Waals surface area contributed by atoms with Crippen LogP contribution in [-0.4, -0.2) is 27.9 Å². The van der Waals surface area contributed by atoms with Crippen LogP contribution in [0.2, 0.25) is 0 Å². The van der Waals surface area contributed by atoms with Gasteiger partial charge in [-0.1, -0.05) is 25.1 Å². The molecule has 0 aliphatic heterocycles. The van der Waals surface area contributed by atoms with E-state index in [-0.39, 0.29) is 11.3 Å². The van der Waals surface area contributed by atoms with Crippen LogP contribution in [0.1, 0.15) is 40.5 Å². The van der Waals surface area contributed by atoms with E-state index in [1.165, 1.54) is 0 Å². The van der Waals surface area contributed by atoms with Crippen molar-refractivity contribution in [1.29, 1.82) is 0 Å². The zero-order valence-corrected chi connectivity index (χ0v) is 18.9. The molecular weight excluding hydrogens is 463 g/mol. The van der Waals surface area contributed by atoms with Crippen LogP contribution in [0.5, 0.6) is 0 Å². The molecule has 35 heavy (non-hydrogen) atoms. The Balaban J connectivity index is 1.82. The Kier molecular flexibility index (Phi) is 7.53. The van der Waals surface area contributed by atoms with Crippen LogP contribution in [0.25, 0.3) is 11.1 Å². The molecule has 0 bridgehead atoms. The Morgan fingerprint density at radius 2 is 1.74 bits per heavy atom. The monoisotopic (exact) mass is 485 g/mol. The SMILES string of the molecule is CCc1cnc(C)cc1-c1cccc(C(=O)CC(=O)Nc2cc(C(F)(F)F)ccc2NC(=O)O)c1. The lowest BCUT2D eigenvalue weighted by Crippen LogP contribution is -2.19. The normalized spacial score (nSPS) is 11.1. The summed E-state index contributed by atoms with van der Waals surface area (Å²) in [5.41, 5.74) is 1.98. The lowest BCUT2D eigenvalue weighted by atomic mass is 9.96. The summed E-state index contributed by atoms with van der Waals surface area (Å²) in [6.45, 7) is 3.83. The van der Waals surface area contributed by atoms with Crippen LogP contribution in [0, 0.1) is 6.92 Å². The molecule has 0 spiro atoms. The van der Waals surface area contributed by atoms with E-state index in [0.717, 1.165) is 34.9 Å². The zero-order chi connectivity index (χ0) is 25.8. The number of hydrogen-bond acceptors (Lipinski definition) is 4. The van der Waals surface area contributed by atoms with Gasteiger partial charge in [0.15, 0.2) is 5.78 Å². The van der Waals surface area contributed by atoms with Crippen molar-refractivity contribution in [2.24, 2.45) is 0 Å². The predicted molar refractivity (Wildman–Crippen MR) is 124 cm³/mol. The Bertz CT molecular complexity index is 1290. The largest absolute Gasteiger partial charge is 0.465 e. The fourth-order valence-corrected chi connectivity index (χ4v) is 3.49. The number of hydrogen-bond donors (Lipinski definition) is 3. The van der Waals surface area contributed by atoms with E-state index in [2.05, 4.69) is 10.3 Å². The zero-order valence-electron chi connectivity index (χ0n) is 18.9. The fourth-order valence-electron chi connectivity index (χ4n) is 3.49. The topological polar surface area (TPSA) is 108 Å². The van der Waals surface area contributed by atoms with Gasteiger partial charge in [0.05, 0.1) is 23.4 Å². The Labute approximate surface area is 199 Å². The molecule has 182 valence electrons. The molecule has 0 aliphatic rings. The summed E-state index contributed by atoms with van der Waals surface area (Å²) < 4.78 is 39.2. The van der Waals surface area contributed by atoms with Gasteiger partial charge in [0.2, 0.25) is 5.91 Å². The Morgan fingerprint density at radius 3 is 2.40 bits per heavy atom. The second kappa shape index (κ2) is 10.4. The van der Waals surface area contributed by atoms with Gasteiger partial charge in [0.1, 0.15) is 0 Å². The van der Waals surface area contributed by atoms with E-state index >= 15 is 0 Å². The molecule has 2 amide bonds. The number of carbonyl (C=O) groups is 3. The third-order valence-corrected chi connectivity index (χ3v) is 5.18. The average Bonchev–Trinajstić information content (AvgIpc) is 2.79. The van der Waals surface area contributed by atoms with Gasteiger partial charge < -0.3 is 10.4 Å². The van der Waals surface area contributed by atoms with Crippen molar-refractivity contribution in [2.45, 2.75) is 32.9 Å². The van der Waals surface area contributed by atoms with Crippen LogP contribution in [0.15, 0.2) is 54.7 Å². The van der Waals surface area contributed by atoms with Crippen molar-refractivity contribution in [3.8, 4) is 11.1 Å². The van der Waals surface area contributed by atoms with Gasteiger partial charge in [-0.15, -0.1) is 0 Å². The number of carboxylic acid groups (broad SMARTS) is 1. The van der Waals surface area contributed by atoms with E-state index in [0.29, 0.717) is 12.1 Å². The molecule has 0 radical (unpaired) electrons. The number of benzene rings is 2. The summed E-state index contributed by atoms with van der Waals surface area (Å²) >= 11 is 0. The average molecular weight is 485 g/mol. The first kappa shape index (κ1) is 25.4. The molecule has 0 unspecified atom stereocenters. The molecule has 1 aromatic heterocycles. The van der Waals surface area contributed by atoms with Crippen molar-refractivity contribution in [3.05, 3.63) is 77.1 Å². The van der Waals surface area contributed by atoms with Crippen molar-refractivity contribution >= 4 is 29.2 Å². The number of Topliss-reactive ketones (excluding diaryl/α,β-unsaturated/α-hetero) is 1. The van der Waals surface area contributed by atoms with Crippen LogP contribution in [-0.2, 0) is 17.4 Å². The number of carbonyl (C=O) groups excluding carboxylic acids is 2. The van der Waals surface area contributed by atoms with Crippen molar-refractivity contribution < 1.29 is 32.7 Å². The van der Waals surface area contributed by atoms with Gasteiger partial charge >= 0.3 is 12.3 Å². The summed E-state index contributed by atoms with van der Waals surface area (Å²) in [6.07, 6.45) is -4.38. The van der Waals surface area contributed by atoms with Gasteiger partial charge in [-0.25, -0.2) is 4.79 Å². The number of halogens is 3. The minimum absolute atomic E-state index is 0.252. The van der Waals surface area contributed by atoms with Gasteiger partial charge in [0.25, 0.3) is 0 Å². The number of aryl methyl sites for hydroxylation is 2. The molecule has 0 atom stereocenters. The van der Waals surface area contributed by atoms with Crippen LogP contribution < -0.4 is 10.6 Å². The second-order valence-corrected chi connectivity index (χ2v) is 7.75. The lowest BCUT2D eigenvalue weighted by Gasteiger charge is -2.14. The van der Waals surface area contributed by atoms with E-state index in [4.69, 9.17) is 5.11 Å². The number of pyridine rings is 1. The lowest BCUT2D eigenvalue weighted by molar-refractivity contribution is -0.137. The molecule has 3 rings (SSSR count). The highest BCUT2D eigenvalue weighted by molar-refractivity contribution is 6.12. The maximum absolute atomic E-state index is 13.1. The minimum Gasteiger partial charge on any atom is -0.465 e. The summed E-state index contributed by atoms with van der Waals surface area (Å²) in [7, 11) is 0. The van der Waals surface area contributed by atoms with Crippen LogP contribution >= 0.6 is 0 Å². The quantitative estimate of drug-likeness (QED) is 0.284. The number of anilines is 2. The highest BCUT2D eigenvalue weighted by Gasteiger charge is 2.31. The fraction of sp³-hybridized carbons (Fsp3) is 0.200. The molecule has 0 aliphatic carbocycles. The molecule has 7 nitrogen and oxygen atoms in total. The highest BCUT2D eigenvalue weighted by atomic mass is 19.4. The summed E-state index contributed by atoms with van der Waals surface area (Å²) in [5, 5.41) is 13.1. The number of amides is 2. The molecule has 3 N–H and O–H groups in total. The number of alkyl halides is 3. The Morgan fingerprint density at radius 1 is 1.00 bits per heavy atom. The number of rotatable bonds is 7. The standard InChI is InChI=1S/C25H22F3N3O4/c1-3-15-13-29-14(2)9-19(15)16-5-4-6-17(10-16)22(32)12-23(33)30-21-11-18(25(26,27)28)7-8-20(21)31-24(34)35/h4-11,13,31H,3,12H2,1-2H3,(H,30,33)(H,34,35). The van der Waals surface area contributed by atoms with Crippen molar-refractivity contribution in [1.82, 2.24) is 4.98 Å². The molecule has 10 heteroatoms. The third-order valence-electron chi connectivity index (χ3n) is 5.18. The maximum atomic E-state index is 13.1. The number of ketones is 1. The summed E-state index contributed by atoms with van der Waals surface area (Å²) in [4.78, 5) is 40.5. The molecule has 3 aromatic rings. The highest BCUT2D eigenvalue weighted by Crippen LogP contribution is 2.34. The first-order valence-electron chi connectivity index (χ1n) is 10.6. The van der Waals surface area contributed by atoms with E-state index < -0.39 is 41.6 Å². The van der Waals surface area contributed by atoms with Crippen molar-refractivity contribution in [3.63, 3.8) is 0 Å². The molecular formula is C25H22F3N3O4. The Hall–Kier alpha value is -4.21. The van der Waals surface area contributed by atoms with Crippen molar-refractivity contribution in [2.75, 3.05) is 10.6 Å². The molecule has 1 heterocycles. The number of aromatic nitrogens is 1. The van der Waals surface area contributed by atoms with Gasteiger partial charge in [0, 0.05) is 17.5 Å². The van der Waals surface area contributed by atoms with E-state index in [1.807, 2.05) is 31.3 Å². The second-order valence-electron chi connectivity index (χ2n) is 7.75. The maximum Gasteiger partial charge on any atom is 0.416 e. The van der Waals surface area contributed by atoms with Gasteiger partial charge in [-0.05, 0) is 60.4 Å². The summed E-state index contributed by atoms with van der Waals surface area (Å²) in [6, 6.07) is 10.8. The molecule has 0 fully saturated rings. The molecule has 0 saturated heterocycles. The third kappa shape index (κ3) is 6.44.